The minimum atomic E-state index is -4.01. The van der Waals surface area contributed by atoms with Gasteiger partial charge in [-0.2, -0.15) is 0 Å². The second-order valence-corrected chi connectivity index (χ2v) is 12.7. The standard InChI is InChI=1S/C26H39BrN4O5S/c1-15-16(2)23(17(3)19-14-36-26(4,5)22(15)19)37(34,35)31-25(28)29-12-8-11-20(21(32)13-27)30-24(33)18-9-6-7-10-18/h18,20H,6-14H2,1-5H3,(H,30,33)(H3,28,29,31)/t20-/m0/s1. The van der Waals surface area contributed by atoms with E-state index in [1.54, 1.807) is 13.8 Å². The number of alkyl halides is 1. The van der Waals surface area contributed by atoms with Gasteiger partial charge in [-0.1, -0.05) is 28.8 Å². The molecule has 1 aliphatic heterocycles. The summed E-state index contributed by atoms with van der Waals surface area (Å²) in [6.07, 6.45) is 4.65. The van der Waals surface area contributed by atoms with Crippen LogP contribution in [-0.2, 0) is 36.6 Å². The average molecular weight is 600 g/mol. The first-order valence-corrected chi connectivity index (χ1v) is 15.4. The number of ketones is 1. The fourth-order valence-electron chi connectivity index (χ4n) is 5.54. The summed E-state index contributed by atoms with van der Waals surface area (Å²) in [6, 6.07) is -0.605. The number of carbonyl (C=O) groups excluding carboxylic acids is 2. The number of fused-ring (bicyclic) bond motifs is 1. The molecule has 0 aromatic heterocycles. The predicted molar refractivity (Wildman–Crippen MR) is 146 cm³/mol. The van der Waals surface area contributed by atoms with Crippen molar-refractivity contribution in [1.29, 1.82) is 5.41 Å². The fraction of sp³-hybridized carbons (Fsp3) is 0.654. The third kappa shape index (κ3) is 6.54. The number of benzene rings is 1. The fourth-order valence-corrected chi connectivity index (χ4v) is 7.45. The summed E-state index contributed by atoms with van der Waals surface area (Å²) in [4.78, 5) is 25.0. The Kier molecular flexibility index (Phi) is 9.45. The second kappa shape index (κ2) is 11.8. The van der Waals surface area contributed by atoms with Crippen LogP contribution < -0.4 is 15.4 Å². The van der Waals surface area contributed by atoms with E-state index in [0.29, 0.717) is 30.6 Å². The van der Waals surface area contributed by atoms with Crippen molar-refractivity contribution < 1.29 is 22.7 Å². The summed E-state index contributed by atoms with van der Waals surface area (Å²) < 4.78 is 34.8. The maximum absolute atomic E-state index is 13.3. The number of halogens is 1. The lowest BCUT2D eigenvalue weighted by atomic mass is 9.87. The molecule has 37 heavy (non-hydrogen) atoms. The topological polar surface area (TPSA) is 137 Å². The van der Waals surface area contributed by atoms with E-state index in [1.165, 1.54) is 0 Å². The van der Waals surface area contributed by atoms with Gasteiger partial charge in [0, 0.05) is 12.5 Å². The van der Waals surface area contributed by atoms with Crippen molar-refractivity contribution in [2.75, 3.05) is 11.9 Å². The molecule has 1 amide bonds. The molecule has 1 heterocycles. The van der Waals surface area contributed by atoms with Gasteiger partial charge in [0.2, 0.25) is 11.9 Å². The zero-order valence-electron chi connectivity index (χ0n) is 22.3. The van der Waals surface area contributed by atoms with Crippen molar-refractivity contribution >= 4 is 43.6 Å². The average Bonchev–Trinajstić information content (AvgIpc) is 3.46. The van der Waals surface area contributed by atoms with E-state index >= 15 is 0 Å². The Morgan fingerprint density at radius 3 is 2.41 bits per heavy atom. The van der Waals surface area contributed by atoms with Crippen molar-refractivity contribution in [3.63, 3.8) is 0 Å². The van der Waals surface area contributed by atoms with E-state index in [1.807, 2.05) is 20.8 Å². The molecule has 0 spiro atoms. The summed E-state index contributed by atoms with van der Waals surface area (Å²) in [5, 5.41) is 14.0. The van der Waals surface area contributed by atoms with E-state index in [9.17, 15) is 18.0 Å². The Labute approximate surface area is 228 Å². The highest BCUT2D eigenvalue weighted by molar-refractivity contribution is 9.09. The van der Waals surface area contributed by atoms with Crippen LogP contribution in [0.4, 0.5) is 0 Å². The Balaban J connectivity index is 1.60. The van der Waals surface area contributed by atoms with Gasteiger partial charge in [-0.05, 0) is 88.1 Å². The Bertz CT molecular complexity index is 1180. The molecule has 9 nitrogen and oxygen atoms in total. The van der Waals surface area contributed by atoms with E-state index in [0.717, 1.165) is 42.4 Å². The molecule has 2 aliphatic rings. The van der Waals surface area contributed by atoms with Crippen LogP contribution in [0.1, 0.15) is 80.2 Å². The quantitative estimate of drug-likeness (QED) is 0.140. The van der Waals surface area contributed by atoms with Gasteiger partial charge in [-0.3, -0.25) is 15.0 Å². The number of sulfonamides is 1. The maximum Gasteiger partial charge on any atom is 0.264 e. The molecular weight excluding hydrogens is 560 g/mol. The highest BCUT2D eigenvalue weighted by atomic mass is 79.9. The van der Waals surface area contributed by atoms with Gasteiger partial charge in [0.25, 0.3) is 10.0 Å². The number of carbonyl (C=O) groups is 2. The lowest BCUT2D eigenvalue weighted by molar-refractivity contribution is -0.129. The maximum atomic E-state index is 13.3. The molecule has 1 aromatic rings. The molecule has 0 saturated heterocycles. The van der Waals surface area contributed by atoms with Gasteiger partial charge in [0.1, 0.15) is 0 Å². The van der Waals surface area contributed by atoms with Crippen LogP contribution in [0.5, 0.6) is 0 Å². The molecule has 1 fully saturated rings. The first kappa shape index (κ1) is 29.6. The highest BCUT2D eigenvalue weighted by Crippen LogP contribution is 2.43. The molecule has 206 valence electrons. The van der Waals surface area contributed by atoms with E-state index in [-0.39, 0.29) is 40.3 Å². The number of ether oxygens (including phenoxy) is 1. The normalized spacial score (nSPS) is 17.8. The smallest absolute Gasteiger partial charge is 0.264 e. The van der Waals surface area contributed by atoms with E-state index in [2.05, 4.69) is 31.3 Å². The molecule has 11 heteroatoms. The van der Waals surface area contributed by atoms with Crippen LogP contribution in [0, 0.1) is 32.1 Å². The van der Waals surface area contributed by atoms with Gasteiger partial charge >= 0.3 is 0 Å². The van der Waals surface area contributed by atoms with Crippen molar-refractivity contribution in [3.05, 3.63) is 27.8 Å². The predicted octanol–water partition coefficient (Wildman–Crippen LogP) is 3.60. The van der Waals surface area contributed by atoms with Gasteiger partial charge in [0.15, 0.2) is 5.78 Å². The van der Waals surface area contributed by atoms with Crippen molar-refractivity contribution in [2.24, 2.45) is 5.92 Å². The number of nitrogens with one attached hydrogen (secondary N) is 4. The molecule has 1 atom stereocenters. The first-order valence-electron chi connectivity index (χ1n) is 12.8. The number of rotatable bonds is 10. The number of guanidine groups is 1. The summed E-state index contributed by atoms with van der Waals surface area (Å²) in [5.41, 5.74) is 3.59. The molecule has 0 unspecified atom stereocenters. The molecular formula is C26H39BrN4O5S. The highest BCUT2D eigenvalue weighted by Gasteiger charge is 2.37. The van der Waals surface area contributed by atoms with E-state index < -0.39 is 21.7 Å². The summed E-state index contributed by atoms with van der Waals surface area (Å²) >= 11 is 3.18. The number of hydrogen-bond donors (Lipinski definition) is 4. The van der Waals surface area contributed by atoms with Gasteiger partial charge in [0.05, 0.1) is 28.5 Å². The minimum Gasteiger partial charge on any atom is -0.366 e. The van der Waals surface area contributed by atoms with Crippen LogP contribution in [-0.4, -0.2) is 44.0 Å². The molecule has 1 aromatic carbocycles. The third-order valence-electron chi connectivity index (χ3n) is 7.59. The molecule has 1 aliphatic carbocycles. The van der Waals surface area contributed by atoms with Crippen molar-refractivity contribution in [3.8, 4) is 0 Å². The molecule has 0 radical (unpaired) electrons. The number of hydrogen-bond acceptors (Lipinski definition) is 6. The molecule has 3 rings (SSSR count). The SMILES string of the molecule is Cc1c(C)c(S(=O)(=O)NC(=N)NCCC[C@H](NC(=O)C2CCCC2)C(=O)CBr)c(C)c2c1C(C)(C)OC2. The summed E-state index contributed by atoms with van der Waals surface area (Å²) in [6.45, 7) is 10.0. The van der Waals surface area contributed by atoms with Crippen molar-refractivity contribution in [1.82, 2.24) is 15.4 Å². The second-order valence-electron chi connectivity index (χ2n) is 10.5. The third-order valence-corrected chi connectivity index (χ3v) is 9.77. The summed E-state index contributed by atoms with van der Waals surface area (Å²) in [5.74, 6) is -0.549. The minimum absolute atomic E-state index is 0.0289. The van der Waals surface area contributed by atoms with Gasteiger partial charge in [-0.15, -0.1) is 0 Å². The summed E-state index contributed by atoms with van der Waals surface area (Å²) in [7, 11) is -4.01. The Morgan fingerprint density at radius 1 is 1.14 bits per heavy atom. The van der Waals surface area contributed by atoms with Crippen LogP contribution in [0.2, 0.25) is 0 Å². The first-order chi connectivity index (χ1) is 17.3. The van der Waals surface area contributed by atoms with Crippen LogP contribution in [0.3, 0.4) is 0 Å². The Hall–Kier alpha value is -1.98. The van der Waals surface area contributed by atoms with Crippen LogP contribution in [0.15, 0.2) is 4.90 Å². The zero-order valence-corrected chi connectivity index (χ0v) is 24.7. The lowest BCUT2D eigenvalue weighted by Gasteiger charge is -2.24. The van der Waals surface area contributed by atoms with Gasteiger partial charge < -0.3 is 15.4 Å². The largest absolute Gasteiger partial charge is 0.366 e. The number of Topliss-reactive ketones (excluding diaryl/α,β-unsaturated/α-hetero) is 1. The van der Waals surface area contributed by atoms with Crippen LogP contribution in [0.25, 0.3) is 0 Å². The van der Waals surface area contributed by atoms with Crippen LogP contribution >= 0.6 is 15.9 Å². The molecule has 1 saturated carbocycles. The zero-order chi connectivity index (χ0) is 27.5. The monoisotopic (exact) mass is 598 g/mol. The molecule has 4 N–H and O–H groups in total. The van der Waals surface area contributed by atoms with Crippen molar-refractivity contribution in [2.45, 2.75) is 96.3 Å². The van der Waals surface area contributed by atoms with E-state index in [4.69, 9.17) is 10.1 Å². The number of amides is 1. The molecule has 0 bridgehead atoms. The van der Waals surface area contributed by atoms with Gasteiger partial charge in [-0.25, -0.2) is 13.1 Å². The lowest BCUT2D eigenvalue weighted by Crippen LogP contribution is -2.45. The Morgan fingerprint density at radius 2 is 1.78 bits per heavy atom.